The van der Waals surface area contributed by atoms with Gasteiger partial charge >= 0.3 is 0 Å². The predicted octanol–water partition coefficient (Wildman–Crippen LogP) is -0.144. The van der Waals surface area contributed by atoms with Crippen LogP contribution in [0.15, 0.2) is 22.2 Å². The Balaban J connectivity index is 1.84. The highest BCUT2D eigenvalue weighted by Crippen LogP contribution is 2.25. The normalized spacial score (nSPS) is 17.9. The zero-order chi connectivity index (χ0) is 20.0. The van der Waals surface area contributed by atoms with E-state index in [9.17, 15) is 16.8 Å². The third kappa shape index (κ3) is 3.53. The number of nitrogens with zero attached hydrogens (tertiary/aromatic N) is 6. The molecule has 3 heterocycles. The second-order valence-electron chi connectivity index (χ2n) is 6.63. The lowest BCUT2D eigenvalue weighted by atomic mass is 10.4. The van der Waals surface area contributed by atoms with Crippen molar-refractivity contribution in [3.63, 3.8) is 0 Å². The van der Waals surface area contributed by atoms with Gasteiger partial charge in [0.05, 0.1) is 17.6 Å². The van der Waals surface area contributed by atoms with Gasteiger partial charge in [-0.15, -0.1) is 0 Å². The van der Waals surface area contributed by atoms with Crippen LogP contribution in [-0.2, 0) is 34.1 Å². The van der Waals surface area contributed by atoms with E-state index < -0.39 is 20.0 Å². The summed E-state index contributed by atoms with van der Waals surface area (Å²) in [4.78, 5) is 0.314. The van der Waals surface area contributed by atoms with Crippen molar-refractivity contribution in [2.75, 3.05) is 26.2 Å². The Morgan fingerprint density at radius 2 is 1.52 bits per heavy atom. The standard InChI is InChI=1S/C15H24N6O4S2/c1-12-15(13(2)19(4)17-12)27(24,25)21-7-5-6-20(8-9-21)26(22,23)14-10-16-18(3)11-14/h10-11H,5-9H2,1-4H3. The third-order valence-corrected chi connectivity index (χ3v) is 8.78. The fourth-order valence-corrected chi connectivity index (χ4v) is 6.61. The van der Waals surface area contributed by atoms with Crippen LogP contribution in [0, 0.1) is 13.8 Å². The van der Waals surface area contributed by atoms with Gasteiger partial charge in [-0.3, -0.25) is 9.36 Å². The molecular weight excluding hydrogens is 392 g/mol. The molecule has 0 aliphatic carbocycles. The molecule has 0 N–H and O–H groups in total. The van der Waals surface area contributed by atoms with Crippen LogP contribution in [0.2, 0.25) is 0 Å². The molecule has 10 nitrogen and oxygen atoms in total. The van der Waals surface area contributed by atoms with Crippen molar-refractivity contribution in [1.29, 1.82) is 0 Å². The van der Waals surface area contributed by atoms with Crippen molar-refractivity contribution >= 4 is 20.0 Å². The average Bonchev–Trinajstić information content (AvgIpc) is 3.00. The van der Waals surface area contributed by atoms with Gasteiger partial charge in [0.2, 0.25) is 20.0 Å². The average molecular weight is 417 g/mol. The number of hydrogen-bond acceptors (Lipinski definition) is 6. The fourth-order valence-electron chi connectivity index (χ4n) is 3.29. The molecular formula is C15H24N6O4S2. The van der Waals surface area contributed by atoms with Crippen LogP contribution in [0.5, 0.6) is 0 Å². The maximum atomic E-state index is 13.1. The van der Waals surface area contributed by atoms with Crippen molar-refractivity contribution in [3.05, 3.63) is 23.8 Å². The smallest absolute Gasteiger partial charge is 0.246 e. The minimum atomic E-state index is -3.74. The van der Waals surface area contributed by atoms with Crippen molar-refractivity contribution in [1.82, 2.24) is 28.2 Å². The van der Waals surface area contributed by atoms with E-state index in [1.54, 1.807) is 32.6 Å². The van der Waals surface area contributed by atoms with E-state index in [4.69, 9.17) is 0 Å². The van der Waals surface area contributed by atoms with Crippen molar-refractivity contribution < 1.29 is 16.8 Å². The Labute approximate surface area is 159 Å². The molecule has 1 saturated heterocycles. The van der Waals surface area contributed by atoms with E-state index in [0.717, 1.165) is 0 Å². The number of hydrogen-bond donors (Lipinski definition) is 0. The minimum absolute atomic E-state index is 0.0921. The molecule has 2 aromatic rings. The summed E-state index contributed by atoms with van der Waals surface area (Å²) in [5.41, 5.74) is 1.01. The molecule has 0 amide bonds. The molecule has 0 saturated carbocycles. The summed E-state index contributed by atoms with van der Waals surface area (Å²) in [6, 6.07) is 0. The van der Waals surface area contributed by atoms with E-state index in [1.165, 1.54) is 25.7 Å². The summed E-state index contributed by atoms with van der Waals surface area (Å²) in [7, 11) is -4.09. The maximum absolute atomic E-state index is 13.1. The van der Waals surface area contributed by atoms with Crippen molar-refractivity contribution in [2.45, 2.75) is 30.1 Å². The van der Waals surface area contributed by atoms with E-state index in [1.807, 2.05) is 0 Å². The largest absolute Gasteiger partial charge is 0.274 e. The molecule has 27 heavy (non-hydrogen) atoms. The first-order valence-electron chi connectivity index (χ1n) is 8.54. The second kappa shape index (κ2) is 7.00. The predicted molar refractivity (Wildman–Crippen MR) is 98.0 cm³/mol. The summed E-state index contributed by atoms with van der Waals surface area (Å²) in [5, 5.41) is 8.10. The molecule has 2 aromatic heterocycles. The van der Waals surface area contributed by atoms with Gasteiger partial charge in [0.25, 0.3) is 0 Å². The summed E-state index contributed by atoms with van der Waals surface area (Å²) >= 11 is 0. The van der Waals surface area contributed by atoms with Gasteiger partial charge in [0.1, 0.15) is 9.79 Å². The van der Waals surface area contributed by atoms with Gasteiger partial charge in [-0.1, -0.05) is 0 Å². The van der Waals surface area contributed by atoms with Gasteiger partial charge in [-0.2, -0.15) is 18.8 Å². The Bertz CT molecular complexity index is 1050. The monoisotopic (exact) mass is 416 g/mol. The maximum Gasteiger partial charge on any atom is 0.246 e. The summed E-state index contributed by atoms with van der Waals surface area (Å²) < 4.78 is 57.4. The van der Waals surface area contributed by atoms with Gasteiger partial charge in [-0.25, -0.2) is 16.8 Å². The molecule has 0 radical (unpaired) electrons. The van der Waals surface area contributed by atoms with E-state index in [-0.39, 0.29) is 36.0 Å². The van der Waals surface area contributed by atoms with Crippen LogP contribution < -0.4 is 0 Å². The zero-order valence-electron chi connectivity index (χ0n) is 15.8. The number of sulfonamides is 2. The highest BCUT2D eigenvalue weighted by atomic mass is 32.2. The summed E-state index contributed by atoms with van der Waals surface area (Å²) in [6.45, 7) is 4.08. The van der Waals surface area contributed by atoms with Crippen LogP contribution in [-0.4, -0.2) is 71.2 Å². The third-order valence-electron chi connectivity index (χ3n) is 4.77. The first-order valence-corrected chi connectivity index (χ1v) is 11.4. The molecule has 0 atom stereocenters. The van der Waals surface area contributed by atoms with Gasteiger partial charge in [0.15, 0.2) is 0 Å². The summed E-state index contributed by atoms with van der Waals surface area (Å²) in [6.07, 6.45) is 3.16. The minimum Gasteiger partial charge on any atom is -0.274 e. The Morgan fingerprint density at radius 3 is 2.00 bits per heavy atom. The molecule has 1 aliphatic heterocycles. The molecule has 12 heteroatoms. The van der Waals surface area contributed by atoms with E-state index in [2.05, 4.69) is 10.2 Å². The molecule has 0 spiro atoms. The second-order valence-corrected chi connectivity index (χ2v) is 10.4. The molecule has 0 unspecified atom stereocenters. The van der Waals surface area contributed by atoms with E-state index in [0.29, 0.717) is 17.8 Å². The topological polar surface area (TPSA) is 110 Å². The zero-order valence-corrected chi connectivity index (χ0v) is 17.5. The molecule has 1 fully saturated rings. The van der Waals surface area contributed by atoms with Gasteiger partial charge in [0, 0.05) is 46.5 Å². The molecule has 0 bridgehead atoms. The first-order chi connectivity index (χ1) is 12.5. The van der Waals surface area contributed by atoms with Crippen LogP contribution >= 0.6 is 0 Å². The highest BCUT2D eigenvalue weighted by molar-refractivity contribution is 7.89. The van der Waals surface area contributed by atoms with Gasteiger partial charge < -0.3 is 0 Å². The molecule has 1 aliphatic rings. The van der Waals surface area contributed by atoms with E-state index >= 15 is 0 Å². The van der Waals surface area contributed by atoms with Crippen molar-refractivity contribution in [3.8, 4) is 0 Å². The number of rotatable bonds is 4. The lowest BCUT2D eigenvalue weighted by molar-refractivity contribution is 0.404. The van der Waals surface area contributed by atoms with Crippen LogP contribution in [0.4, 0.5) is 0 Å². The SMILES string of the molecule is Cc1nn(C)c(C)c1S(=O)(=O)N1CCCN(S(=O)(=O)c2cnn(C)c2)CC1. The van der Waals surface area contributed by atoms with Crippen molar-refractivity contribution in [2.24, 2.45) is 14.1 Å². The Morgan fingerprint density at radius 1 is 0.926 bits per heavy atom. The lowest BCUT2D eigenvalue weighted by Crippen LogP contribution is -2.37. The Hall–Kier alpha value is -1.76. The highest BCUT2D eigenvalue weighted by Gasteiger charge is 2.34. The quantitative estimate of drug-likeness (QED) is 0.686. The first kappa shape index (κ1) is 20.0. The fraction of sp³-hybridized carbons (Fsp3) is 0.600. The lowest BCUT2D eigenvalue weighted by Gasteiger charge is -2.21. The molecule has 3 rings (SSSR count). The number of aromatic nitrogens is 4. The van der Waals surface area contributed by atoms with Crippen LogP contribution in [0.1, 0.15) is 17.8 Å². The molecule has 150 valence electrons. The van der Waals surface area contributed by atoms with Gasteiger partial charge in [-0.05, 0) is 20.3 Å². The van der Waals surface area contributed by atoms with Crippen LogP contribution in [0.25, 0.3) is 0 Å². The summed E-state index contributed by atoms with van der Waals surface area (Å²) in [5.74, 6) is 0. The molecule has 0 aromatic carbocycles. The Kier molecular flexibility index (Phi) is 5.18. The number of aryl methyl sites for hydroxylation is 3. The van der Waals surface area contributed by atoms with Crippen LogP contribution in [0.3, 0.4) is 0 Å².